The summed E-state index contributed by atoms with van der Waals surface area (Å²) in [5, 5.41) is 9.63. The maximum atomic E-state index is 11.8. The Bertz CT molecular complexity index is 568. The molecule has 138 valence electrons. The summed E-state index contributed by atoms with van der Waals surface area (Å²) in [7, 11) is 4.36. The third-order valence-corrected chi connectivity index (χ3v) is 5.44. The van der Waals surface area contributed by atoms with Crippen LogP contribution in [-0.4, -0.2) is 43.2 Å². The fraction of sp³-hybridized carbons (Fsp3) is 0.650. The normalized spacial score (nSPS) is 24.8. The van der Waals surface area contributed by atoms with E-state index in [1.165, 1.54) is 31.2 Å². The Morgan fingerprint density at radius 2 is 1.80 bits per heavy atom. The molecule has 2 aliphatic rings. The van der Waals surface area contributed by atoms with Gasteiger partial charge < -0.3 is 20.9 Å². The molecule has 0 spiro atoms. The van der Waals surface area contributed by atoms with Crippen LogP contribution in [0.3, 0.4) is 0 Å². The van der Waals surface area contributed by atoms with Gasteiger partial charge >= 0.3 is 6.03 Å². The standard InChI is InChI=1S/C20H32N4O/c1-14(21-18-5-4-6-19(13-18)24(2)3)15-7-9-16(10-8-15)22-20(25)23-17-11-12-17/h7-10,14,17-19,21H,4-6,11-13H2,1-3H3,(H2,22,23,25). The Kier molecular flexibility index (Phi) is 5.97. The van der Waals surface area contributed by atoms with Crippen molar-refractivity contribution in [2.75, 3.05) is 19.4 Å². The van der Waals surface area contributed by atoms with Crippen molar-refractivity contribution < 1.29 is 4.79 Å². The summed E-state index contributed by atoms with van der Waals surface area (Å²) in [4.78, 5) is 14.1. The van der Waals surface area contributed by atoms with Crippen LogP contribution < -0.4 is 16.0 Å². The Labute approximate surface area is 151 Å². The third-order valence-electron chi connectivity index (χ3n) is 5.44. The lowest BCUT2D eigenvalue weighted by Gasteiger charge is -2.35. The first kappa shape index (κ1) is 18.2. The first-order valence-electron chi connectivity index (χ1n) is 9.61. The molecular formula is C20H32N4O. The second-order valence-electron chi connectivity index (χ2n) is 7.86. The van der Waals surface area contributed by atoms with Gasteiger partial charge in [-0.1, -0.05) is 18.6 Å². The van der Waals surface area contributed by atoms with Crippen LogP contribution in [0.25, 0.3) is 0 Å². The molecule has 2 fully saturated rings. The fourth-order valence-corrected chi connectivity index (χ4v) is 3.67. The molecule has 1 aromatic carbocycles. The van der Waals surface area contributed by atoms with E-state index in [1.807, 2.05) is 12.1 Å². The number of hydrogen-bond donors (Lipinski definition) is 3. The average molecular weight is 345 g/mol. The monoisotopic (exact) mass is 344 g/mol. The second-order valence-corrected chi connectivity index (χ2v) is 7.86. The Morgan fingerprint density at radius 1 is 1.08 bits per heavy atom. The molecule has 5 nitrogen and oxygen atoms in total. The van der Waals surface area contributed by atoms with E-state index in [0.717, 1.165) is 18.5 Å². The van der Waals surface area contributed by atoms with Crippen molar-refractivity contribution in [1.82, 2.24) is 15.5 Å². The van der Waals surface area contributed by atoms with Crippen molar-refractivity contribution in [3.05, 3.63) is 29.8 Å². The smallest absolute Gasteiger partial charge is 0.319 e. The summed E-state index contributed by atoms with van der Waals surface area (Å²) in [6.45, 7) is 2.22. The summed E-state index contributed by atoms with van der Waals surface area (Å²) in [5.41, 5.74) is 2.11. The quantitative estimate of drug-likeness (QED) is 0.740. The van der Waals surface area contributed by atoms with Crippen molar-refractivity contribution >= 4 is 11.7 Å². The summed E-state index contributed by atoms with van der Waals surface area (Å²) < 4.78 is 0. The molecule has 3 N–H and O–H groups in total. The zero-order valence-electron chi connectivity index (χ0n) is 15.7. The van der Waals surface area contributed by atoms with Gasteiger partial charge in [0.05, 0.1) is 0 Å². The van der Waals surface area contributed by atoms with Gasteiger partial charge in [-0.2, -0.15) is 0 Å². The van der Waals surface area contributed by atoms with Crippen molar-refractivity contribution in [2.24, 2.45) is 0 Å². The molecule has 3 rings (SSSR count). The lowest BCUT2D eigenvalue weighted by Crippen LogP contribution is -2.42. The molecule has 0 aliphatic heterocycles. The van der Waals surface area contributed by atoms with Crippen LogP contribution in [0.4, 0.5) is 10.5 Å². The number of carbonyl (C=O) groups excluding carboxylic acids is 1. The molecule has 2 saturated carbocycles. The lowest BCUT2D eigenvalue weighted by atomic mass is 9.89. The molecule has 2 aliphatic carbocycles. The van der Waals surface area contributed by atoms with Crippen LogP contribution in [0.1, 0.15) is 57.1 Å². The Hall–Kier alpha value is -1.59. The highest BCUT2D eigenvalue weighted by molar-refractivity contribution is 5.89. The van der Waals surface area contributed by atoms with E-state index in [4.69, 9.17) is 0 Å². The first-order valence-corrected chi connectivity index (χ1v) is 9.61. The van der Waals surface area contributed by atoms with Crippen molar-refractivity contribution in [3.63, 3.8) is 0 Å². The van der Waals surface area contributed by atoms with Gasteiger partial charge in [-0.15, -0.1) is 0 Å². The summed E-state index contributed by atoms with van der Waals surface area (Å²) in [6.07, 6.45) is 7.29. The van der Waals surface area contributed by atoms with Gasteiger partial charge in [-0.3, -0.25) is 0 Å². The van der Waals surface area contributed by atoms with Crippen LogP contribution >= 0.6 is 0 Å². The van der Waals surface area contributed by atoms with Gasteiger partial charge in [-0.25, -0.2) is 4.79 Å². The number of carbonyl (C=O) groups is 1. The third kappa shape index (κ3) is 5.44. The van der Waals surface area contributed by atoms with Gasteiger partial charge in [0.25, 0.3) is 0 Å². The second kappa shape index (κ2) is 8.19. The summed E-state index contributed by atoms with van der Waals surface area (Å²) in [5.74, 6) is 0. The maximum Gasteiger partial charge on any atom is 0.319 e. The van der Waals surface area contributed by atoms with E-state index in [9.17, 15) is 4.79 Å². The molecule has 3 atom stereocenters. The number of nitrogens with one attached hydrogen (secondary N) is 3. The first-order chi connectivity index (χ1) is 12.0. The minimum Gasteiger partial charge on any atom is -0.335 e. The fourth-order valence-electron chi connectivity index (χ4n) is 3.67. The molecule has 0 aromatic heterocycles. The van der Waals surface area contributed by atoms with E-state index in [1.54, 1.807) is 0 Å². The van der Waals surface area contributed by atoms with Gasteiger partial charge in [0.15, 0.2) is 0 Å². The highest BCUT2D eigenvalue weighted by Crippen LogP contribution is 2.25. The topological polar surface area (TPSA) is 56.4 Å². The van der Waals surface area contributed by atoms with E-state index < -0.39 is 0 Å². The van der Waals surface area contributed by atoms with Gasteiger partial charge in [-0.05, 0) is 70.8 Å². The van der Waals surface area contributed by atoms with Crippen LogP contribution in [0, 0.1) is 0 Å². The number of rotatable bonds is 6. The van der Waals surface area contributed by atoms with Gasteiger partial charge in [0.1, 0.15) is 0 Å². The lowest BCUT2D eigenvalue weighted by molar-refractivity contribution is 0.193. The van der Waals surface area contributed by atoms with Crippen LogP contribution in [0.15, 0.2) is 24.3 Å². The number of nitrogens with zero attached hydrogens (tertiary/aromatic N) is 1. The largest absolute Gasteiger partial charge is 0.335 e. The highest BCUT2D eigenvalue weighted by atomic mass is 16.2. The SMILES string of the molecule is CC(NC1CCCC(N(C)C)C1)c1ccc(NC(=O)NC2CC2)cc1. The number of urea groups is 1. The van der Waals surface area contributed by atoms with Crippen molar-refractivity contribution in [3.8, 4) is 0 Å². The molecule has 5 heteroatoms. The summed E-state index contributed by atoms with van der Waals surface area (Å²) in [6, 6.07) is 10.1. The molecule has 3 unspecified atom stereocenters. The minimum atomic E-state index is -0.0987. The number of amides is 2. The van der Waals surface area contributed by atoms with Gasteiger partial charge in [0, 0.05) is 29.9 Å². The van der Waals surface area contributed by atoms with Crippen LogP contribution in [-0.2, 0) is 0 Å². The maximum absolute atomic E-state index is 11.8. The summed E-state index contributed by atoms with van der Waals surface area (Å²) >= 11 is 0. The van der Waals surface area contributed by atoms with E-state index in [-0.39, 0.29) is 6.03 Å². The minimum absolute atomic E-state index is 0.0987. The zero-order chi connectivity index (χ0) is 17.8. The molecule has 25 heavy (non-hydrogen) atoms. The number of anilines is 1. The predicted octanol–water partition coefficient (Wildman–Crippen LogP) is 3.49. The average Bonchev–Trinajstić information content (AvgIpc) is 3.39. The highest BCUT2D eigenvalue weighted by Gasteiger charge is 2.25. The number of benzene rings is 1. The molecule has 0 saturated heterocycles. The predicted molar refractivity (Wildman–Crippen MR) is 103 cm³/mol. The molecule has 0 bridgehead atoms. The van der Waals surface area contributed by atoms with E-state index in [0.29, 0.717) is 24.2 Å². The molecule has 1 aromatic rings. The Morgan fingerprint density at radius 3 is 2.44 bits per heavy atom. The molecular weight excluding hydrogens is 312 g/mol. The van der Waals surface area contributed by atoms with Gasteiger partial charge in [0.2, 0.25) is 0 Å². The molecule has 0 radical (unpaired) electrons. The van der Waals surface area contributed by atoms with E-state index in [2.05, 4.69) is 54.0 Å². The number of hydrogen-bond acceptors (Lipinski definition) is 3. The van der Waals surface area contributed by atoms with Crippen LogP contribution in [0.2, 0.25) is 0 Å². The molecule has 2 amide bonds. The van der Waals surface area contributed by atoms with Crippen molar-refractivity contribution in [1.29, 1.82) is 0 Å². The van der Waals surface area contributed by atoms with Crippen LogP contribution in [0.5, 0.6) is 0 Å². The Balaban J connectivity index is 1.49. The van der Waals surface area contributed by atoms with E-state index >= 15 is 0 Å². The van der Waals surface area contributed by atoms with Crippen molar-refractivity contribution in [2.45, 2.75) is 69.6 Å². The zero-order valence-corrected chi connectivity index (χ0v) is 15.7. The molecule has 0 heterocycles.